The van der Waals surface area contributed by atoms with Crippen molar-refractivity contribution in [1.82, 2.24) is 15.1 Å². The summed E-state index contributed by atoms with van der Waals surface area (Å²) in [6.45, 7) is 4.48. The van der Waals surface area contributed by atoms with Crippen LogP contribution in [0.3, 0.4) is 0 Å². The summed E-state index contributed by atoms with van der Waals surface area (Å²) >= 11 is 6.53. The maximum Gasteiger partial charge on any atom is 0.129 e. The lowest BCUT2D eigenvalue weighted by Gasteiger charge is -2.37. The molecule has 2 aliphatic heterocycles. The number of para-hydroxylation sites is 1. The molecule has 0 bridgehead atoms. The van der Waals surface area contributed by atoms with Crippen LogP contribution in [0.25, 0.3) is 0 Å². The van der Waals surface area contributed by atoms with Gasteiger partial charge < -0.3 is 10.2 Å². The first-order chi connectivity index (χ1) is 15.2. The van der Waals surface area contributed by atoms with Crippen LogP contribution in [-0.2, 0) is 0 Å². The SMILES string of the molecule is Cl.Cl.Cl.N#CC1=C(CN2CCN(c3ccccc3)CC2)Nc2[nH]ncc2C1c1ccccc1Cl. The van der Waals surface area contributed by atoms with Crippen LogP contribution in [0.1, 0.15) is 17.0 Å². The van der Waals surface area contributed by atoms with Gasteiger partial charge in [0.1, 0.15) is 5.82 Å². The third-order valence-electron chi connectivity index (χ3n) is 6.08. The van der Waals surface area contributed by atoms with E-state index in [1.165, 1.54) is 5.69 Å². The van der Waals surface area contributed by atoms with Gasteiger partial charge in [-0.3, -0.25) is 10.00 Å². The highest BCUT2D eigenvalue weighted by Crippen LogP contribution is 2.42. The number of nitrogens with one attached hydrogen (secondary N) is 2. The Labute approximate surface area is 223 Å². The number of H-pyrrole nitrogens is 1. The van der Waals surface area contributed by atoms with Crippen molar-refractivity contribution in [2.45, 2.75) is 5.92 Å². The van der Waals surface area contributed by atoms with Crippen LogP contribution >= 0.6 is 48.8 Å². The molecule has 2 aromatic carbocycles. The normalized spacial score (nSPS) is 17.3. The summed E-state index contributed by atoms with van der Waals surface area (Å²) in [5, 5.41) is 21.5. The highest BCUT2D eigenvalue weighted by atomic mass is 35.5. The fourth-order valence-corrected chi connectivity index (χ4v) is 4.72. The summed E-state index contributed by atoms with van der Waals surface area (Å²) in [7, 11) is 0. The molecule has 6 nitrogen and oxygen atoms in total. The Hall–Kier alpha value is -2.40. The zero-order valence-corrected chi connectivity index (χ0v) is 21.5. The first-order valence-electron chi connectivity index (χ1n) is 10.4. The molecule has 2 N–H and O–H groups in total. The van der Waals surface area contributed by atoms with Gasteiger partial charge in [-0.05, 0) is 23.8 Å². The number of nitriles is 1. The van der Waals surface area contributed by atoms with Gasteiger partial charge in [-0.1, -0.05) is 48.0 Å². The molecule has 0 saturated carbocycles. The molecule has 0 aliphatic carbocycles. The number of allylic oxidation sites excluding steroid dienone is 1. The minimum absolute atomic E-state index is 0. The van der Waals surface area contributed by atoms with Gasteiger partial charge in [-0.2, -0.15) is 10.4 Å². The number of nitrogens with zero attached hydrogens (tertiary/aromatic N) is 4. The molecule has 1 saturated heterocycles. The predicted molar refractivity (Wildman–Crippen MR) is 145 cm³/mol. The van der Waals surface area contributed by atoms with Crippen molar-refractivity contribution in [3.05, 3.63) is 88.2 Å². The first kappa shape index (κ1) is 27.8. The topological polar surface area (TPSA) is 71.0 Å². The standard InChI is InChI=1S/C24H23ClN6.3ClH/c25-21-9-5-4-8-18(21)23-19(14-26)22(28-24-20(23)15-27-29-24)16-30-10-12-31(13-11-30)17-6-2-1-3-7-17;;;/h1-9,15,23H,10-13,16H2,(H2,27,28,29);3*1H. The van der Waals surface area contributed by atoms with Gasteiger partial charge in [0.25, 0.3) is 0 Å². The smallest absolute Gasteiger partial charge is 0.129 e. The number of rotatable bonds is 4. The average Bonchev–Trinajstić information content (AvgIpc) is 3.28. The zero-order chi connectivity index (χ0) is 21.2. The van der Waals surface area contributed by atoms with Crippen molar-refractivity contribution < 1.29 is 0 Å². The van der Waals surface area contributed by atoms with Gasteiger partial charge in [0.15, 0.2) is 0 Å². The molecule has 5 rings (SSSR count). The molecule has 34 heavy (non-hydrogen) atoms. The second-order valence-corrected chi connectivity index (χ2v) is 8.29. The van der Waals surface area contributed by atoms with E-state index in [9.17, 15) is 5.26 Å². The molecule has 180 valence electrons. The Morgan fingerprint density at radius 2 is 1.62 bits per heavy atom. The van der Waals surface area contributed by atoms with Gasteiger partial charge >= 0.3 is 0 Å². The molecule has 1 fully saturated rings. The Balaban J connectivity index is 0.00000136. The van der Waals surface area contributed by atoms with Crippen LogP contribution in [0.5, 0.6) is 0 Å². The second-order valence-electron chi connectivity index (χ2n) is 7.88. The highest BCUT2D eigenvalue weighted by molar-refractivity contribution is 6.31. The van der Waals surface area contributed by atoms with Gasteiger partial charge in [-0.25, -0.2) is 0 Å². The lowest BCUT2D eigenvalue weighted by Crippen LogP contribution is -2.47. The van der Waals surface area contributed by atoms with E-state index in [1.54, 1.807) is 6.20 Å². The Morgan fingerprint density at radius 1 is 0.941 bits per heavy atom. The van der Waals surface area contributed by atoms with Crippen molar-refractivity contribution in [2.75, 3.05) is 42.9 Å². The number of anilines is 2. The average molecular weight is 540 g/mol. The first-order valence-corrected chi connectivity index (χ1v) is 10.8. The summed E-state index contributed by atoms with van der Waals surface area (Å²) in [5.41, 5.74) is 4.75. The highest BCUT2D eigenvalue weighted by Gasteiger charge is 2.33. The molecular weight excluding hydrogens is 514 g/mol. The third-order valence-corrected chi connectivity index (χ3v) is 6.43. The number of aromatic nitrogens is 2. The number of fused-ring (bicyclic) bond motifs is 1. The van der Waals surface area contributed by atoms with E-state index in [1.807, 2.05) is 30.3 Å². The van der Waals surface area contributed by atoms with Gasteiger partial charge in [0, 0.05) is 54.7 Å². The number of piperazine rings is 1. The molecule has 3 heterocycles. The largest absolute Gasteiger partial charge is 0.369 e. The van der Waals surface area contributed by atoms with Crippen LogP contribution < -0.4 is 10.2 Å². The molecule has 3 aromatic rings. The summed E-state index contributed by atoms with van der Waals surface area (Å²) in [6.07, 6.45) is 1.78. The Kier molecular flexibility index (Phi) is 10.1. The fourth-order valence-electron chi connectivity index (χ4n) is 4.48. The molecule has 1 atom stereocenters. The number of benzene rings is 2. The van der Waals surface area contributed by atoms with Crippen molar-refractivity contribution in [2.24, 2.45) is 0 Å². The Morgan fingerprint density at radius 3 is 2.29 bits per heavy atom. The van der Waals surface area contributed by atoms with E-state index in [4.69, 9.17) is 11.6 Å². The van der Waals surface area contributed by atoms with E-state index in [0.29, 0.717) is 17.1 Å². The fraction of sp³-hybridized carbons (Fsp3) is 0.250. The summed E-state index contributed by atoms with van der Waals surface area (Å²) < 4.78 is 0. The molecule has 10 heteroatoms. The van der Waals surface area contributed by atoms with E-state index in [0.717, 1.165) is 48.8 Å². The summed E-state index contributed by atoms with van der Waals surface area (Å²) in [5.74, 6) is 0.608. The predicted octanol–water partition coefficient (Wildman–Crippen LogP) is 5.49. The van der Waals surface area contributed by atoms with Crippen LogP contribution in [0.15, 0.2) is 72.1 Å². The summed E-state index contributed by atoms with van der Waals surface area (Å²) in [6, 6.07) is 20.7. The lowest BCUT2D eigenvalue weighted by molar-refractivity contribution is 0.278. The van der Waals surface area contributed by atoms with E-state index < -0.39 is 0 Å². The van der Waals surface area contributed by atoms with Crippen LogP contribution in [0, 0.1) is 11.3 Å². The van der Waals surface area contributed by atoms with Crippen LogP contribution in [0.2, 0.25) is 5.02 Å². The second kappa shape index (κ2) is 12.3. The third kappa shape index (κ3) is 5.46. The molecule has 0 radical (unpaired) electrons. The van der Waals surface area contributed by atoms with Crippen LogP contribution in [-0.4, -0.2) is 47.8 Å². The van der Waals surface area contributed by atoms with Crippen molar-refractivity contribution in [3.8, 4) is 6.07 Å². The molecule has 0 spiro atoms. The van der Waals surface area contributed by atoms with Crippen LogP contribution in [0.4, 0.5) is 11.5 Å². The van der Waals surface area contributed by atoms with Crippen molar-refractivity contribution in [3.63, 3.8) is 0 Å². The monoisotopic (exact) mass is 538 g/mol. The molecule has 0 amide bonds. The lowest BCUT2D eigenvalue weighted by atomic mass is 9.83. The van der Waals surface area contributed by atoms with Crippen molar-refractivity contribution >= 4 is 60.3 Å². The van der Waals surface area contributed by atoms with E-state index >= 15 is 0 Å². The maximum atomic E-state index is 10.1. The van der Waals surface area contributed by atoms with Gasteiger partial charge in [-0.15, -0.1) is 37.2 Å². The van der Waals surface area contributed by atoms with E-state index in [-0.39, 0.29) is 43.1 Å². The zero-order valence-electron chi connectivity index (χ0n) is 18.3. The summed E-state index contributed by atoms with van der Waals surface area (Å²) in [4.78, 5) is 4.80. The minimum Gasteiger partial charge on any atom is -0.369 e. The number of hydrogen-bond donors (Lipinski definition) is 2. The molecule has 1 unspecified atom stereocenters. The number of halogens is 4. The van der Waals surface area contributed by atoms with E-state index in [2.05, 4.69) is 55.6 Å². The molecular formula is C24H26Cl4N6. The minimum atomic E-state index is -0.227. The Bertz CT molecular complexity index is 1150. The van der Waals surface area contributed by atoms with Gasteiger partial charge in [0.05, 0.1) is 23.8 Å². The molecule has 2 aliphatic rings. The number of aromatic amines is 1. The molecule has 1 aromatic heterocycles. The number of hydrogen-bond acceptors (Lipinski definition) is 5. The maximum absolute atomic E-state index is 10.1. The quantitative estimate of drug-likeness (QED) is 0.459. The van der Waals surface area contributed by atoms with Crippen molar-refractivity contribution in [1.29, 1.82) is 5.26 Å². The van der Waals surface area contributed by atoms with Gasteiger partial charge in [0.2, 0.25) is 0 Å².